The van der Waals surface area contributed by atoms with Gasteiger partial charge in [0.1, 0.15) is 0 Å². The molecule has 1 saturated heterocycles. The zero-order valence-corrected chi connectivity index (χ0v) is 10.7. The third-order valence-corrected chi connectivity index (χ3v) is 4.01. The van der Waals surface area contributed by atoms with E-state index in [2.05, 4.69) is 17.9 Å². The Bertz CT molecular complexity index is 530. The van der Waals surface area contributed by atoms with E-state index in [9.17, 15) is 9.59 Å². The number of fused-ring (bicyclic) bond motifs is 1. The van der Waals surface area contributed by atoms with Crippen LogP contribution in [0.4, 0.5) is 11.4 Å². The molecule has 0 saturated carbocycles. The van der Waals surface area contributed by atoms with Crippen molar-refractivity contribution in [2.75, 3.05) is 22.5 Å². The monoisotopic (exact) mass is 262 g/mol. The third kappa shape index (κ3) is 1.88. The second-order valence-corrected chi connectivity index (χ2v) is 5.19. The Labute approximate surface area is 111 Å². The molecule has 1 aromatic rings. The summed E-state index contributed by atoms with van der Waals surface area (Å²) >= 11 is 4.25. The van der Waals surface area contributed by atoms with Crippen LogP contribution in [0, 0.1) is 5.92 Å². The van der Waals surface area contributed by atoms with Crippen molar-refractivity contribution in [1.82, 2.24) is 0 Å². The lowest BCUT2D eigenvalue weighted by Gasteiger charge is -2.17. The molecule has 0 bridgehead atoms. The molecule has 2 amide bonds. The van der Waals surface area contributed by atoms with E-state index in [0.29, 0.717) is 18.8 Å². The lowest BCUT2D eigenvalue weighted by atomic mass is 10.1. The summed E-state index contributed by atoms with van der Waals surface area (Å²) in [6, 6.07) is 5.70. The average Bonchev–Trinajstić information content (AvgIpc) is 2.89. The summed E-state index contributed by atoms with van der Waals surface area (Å²) in [6.07, 6.45) is 0.971. The molecule has 0 radical (unpaired) electrons. The minimum atomic E-state index is 0.0168. The fourth-order valence-electron chi connectivity index (χ4n) is 2.54. The van der Waals surface area contributed by atoms with Crippen LogP contribution in [0.25, 0.3) is 0 Å². The van der Waals surface area contributed by atoms with E-state index in [1.807, 2.05) is 18.2 Å². The number of thiol groups is 1. The van der Waals surface area contributed by atoms with Gasteiger partial charge in [-0.2, -0.15) is 12.6 Å². The van der Waals surface area contributed by atoms with Crippen molar-refractivity contribution in [2.45, 2.75) is 12.8 Å². The van der Waals surface area contributed by atoms with Crippen molar-refractivity contribution in [2.24, 2.45) is 5.92 Å². The van der Waals surface area contributed by atoms with Gasteiger partial charge in [-0.05, 0) is 35.4 Å². The lowest BCUT2D eigenvalue weighted by molar-refractivity contribution is -0.117. The van der Waals surface area contributed by atoms with E-state index in [-0.39, 0.29) is 11.8 Å². The van der Waals surface area contributed by atoms with Crippen molar-refractivity contribution < 1.29 is 9.59 Å². The molecular weight excluding hydrogens is 248 g/mol. The van der Waals surface area contributed by atoms with Gasteiger partial charge in [-0.15, -0.1) is 0 Å². The first-order valence-electron chi connectivity index (χ1n) is 6.01. The molecule has 1 fully saturated rings. The number of nitrogens with one attached hydrogen (secondary N) is 1. The smallest absolute Gasteiger partial charge is 0.228 e. The van der Waals surface area contributed by atoms with E-state index in [4.69, 9.17) is 0 Å². The largest absolute Gasteiger partial charge is 0.326 e. The van der Waals surface area contributed by atoms with Gasteiger partial charge in [0.15, 0.2) is 0 Å². The van der Waals surface area contributed by atoms with Crippen molar-refractivity contribution in [3.63, 3.8) is 0 Å². The molecule has 0 aromatic heterocycles. The van der Waals surface area contributed by atoms with Crippen LogP contribution >= 0.6 is 12.6 Å². The Kier molecular flexibility index (Phi) is 2.78. The highest BCUT2D eigenvalue weighted by Crippen LogP contribution is 2.31. The molecule has 2 aliphatic heterocycles. The van der Waals surface area contributed by atoms with Crippen LogP contribution in [0.1, 0.15) is 12.0 Å². The Balaban J connectivity index is 1.88. The van der Waals surface area contributed by atoms with Gasteiger partial charge in [0, 0.05) is 24.3 Å². The number of carbonyl (C=O) groups excluding carboxylic acids is 2. The maximum Gasteiger partial charge on any atom is 0.228 e. The number of carbonyl (C=O) groups is 2. The van der Waals surface area contributed by atoms with Crippen molar-refractivity contribution in [3.05, 3.63) is 23.8 Å². The maximum absolute atomic E-state index is 11.9. The Morgan fingerprint density at radius 2 is 2.22 bits per heavy atom. The molecule has 1 atom stereocenters. The highest BCUT2D eigenvalue weighted by Gasteiger charge is 2.30. The second-order valence-electron chi connectivity index (χ2n) is 4.82. The normalized spacial score (nSPS) is 22.3. The predicted octanol–water partition coefficient (Wildman–Crippen LogP) is 1.46. The lowest BCUT2D eigenvalue weighted by Crippen LogP contribution is -2.24. The zero-order valence-electron chi connectivity index (χ0n) is 9.85. The Hall–Kier alpha value is -1.49. The molecular formula is C13H14N2O2S. The van der Waals surface area contributed by atoms with E-state index in [1.54, 1.807) is 4.90 Å². The summed E-state index contributed by atoms with van der Waals surface area (Å²) in [6.45, 7) is 0.725. The molecule has 3 rings (SSSR count). The minimum Gasteiger partial charge on any atom is -0.326 e. The van der Waals surface area contributed by atoms with Gasteiger partial charge >= 0.3 is 0 Å². The first kappa shape index (κ1) is 11.6. The van der Waals surface area contributed by atoms with Gasteiger partial charge in [0.25, 0.3) is 0 Å². The van der Waals surface area contributed by atoms with Gasteiger partial charge in [-0.1, -0.05) is 0 Å². The fourth-order valence-corrected chi connectivity index (χ4v) is 2.78. The highest BCUT2D eigenvalue weighted by molar-refractivity contribution is 7.80. The minimum absolute atomic E-state index is 0.0168. The van der Waals surface area contributed by atoms with Crippen LogP contribution in [-0.2, 0) is 16.0 Å². The van der Waals surface area contributed by atoms with Gasteiger partial charge in [0.05, 0.1) is 6.42 Å². The van der Waals surface area contributed by atoms with Crippen LogP contribution in [-0.4, -0.2) is 24.1 Å². The van der Waals surface area contributed by atoms with E-state index < -0.39 is 0 Å². The van der Waals surface area contributed by atoms with E-state index >= 15 is 0 Å². The Morgan fingerprint density at radius 3 is 2.94 bits per heavy atom. The first-order valence-corrected chi connectivity index (χ1v) is 6.64. The van der Waals surface area contributed by atoms with Crippen molar-refractivity contribution >= 4 is 35.8 Å². The molecule has 5 heteroatoms. The summed E-state index contributed by atoms with van der Waals surface area (Å²) in [5, 5.41) is 2.79. The number of rotatable bonds is 2. The van der Waals surface area contributed by atoms with Gasteiger partial charge in [0.2, 0.25) is 11.8 Å². The molecule has 2 heterocycles. The molecule has 4 nitrogen and oxygen atoms in total. The molecule has 1 aromatic carbocycles. The van der Waals surface area contributed by atoms with Gasteiger partial charge in [-0.3, -0.25) is 9.59 Å². The number of anilines is 2. The van der Waals surface area contributed by atoms with Crippen LogP contribution in [0.2, 0.25) is 0 Å². The zero-order chi connectivity index (χ0) is 12.7. The quantitative estimate of drug-likeness (QED) is 0.793. The molecule has 1 N–H and O–H groups in total. The predicted molar refractivity (Wildman–Crippen MR) is 73.1 cm³/mol. The SMILES string of the molecule is O=C1Cc2cc(N3CC(CS)CC3=O)ccc2N1. The van der Waals surface area contributed by atoms with Gasteiger partial charge in [-0.25, -0.2) is 0 Å². The number of amides is 2. The van der Waals surface area contributed by atoms with Crippen LogP contribution in [0.3, 0.4) is 0 Å². The molecule has 94 valence electrons. The standard InChI is InChI=1S/C13H14N2O2S/c16-12-5-9-4-10(1-2-11(9)14-12)15-6-8(7-18)3-13(15)17/h1-2,4,8,18H,3,5-7H2,(H,14,16). The second kappa shape index (κ2) is 4.31. The number of nitrogens with zero attached hydrogens (tertiary/aromatic N) is 1. The number of hydrogen-bond donors (Lipinski definition) is 2. The topological polar surface area (TPSA) is 49.4 Å². The Morgan fingerprint density at radius 1 is 1.39 bits per heavy atom. The van der Waals surface area contributed by atoms with Crippen molar-refractivity contribution in [3.8, 4) is 0 Å². The van der Waals surface area contributed by atoms with E-state index in [0.717, 1.165) is 29.2 Å². The molecule has 2 aliphatic rings. The summed E-state index contributed by atoms with van der Waals surface area (Å²) in [5.41, 5.74) is 2.72. The summed E-state index contributed by atoms with van der Waals surface area (Å²) in [5.74, 6) is 1.22. The van der Waals surface area contributed by atoms with Crippen LogP contribution in [0.15, 0.2) is 18.2 Å². The first-order chi connectivity index (χ1) is 8.67. The van der Waals surface area contributed by atoms with Gasteiger partial charge < -0.3 is 10.2 Å². The van der Waals surface area contributed by atoms with Crippen LogP contribution < -0.4 is 10.2 Å². The molecule has 0 spiro atoms. The molecule has 1 unspecified atom stereocenters. The number of hydrogen-bond acceptors (Lipinski definition) is 3. The molecule has 18 heavy (non-hydrogen) atoms. The molecule has 0 aliphatic carbocycles. The van der Waals surface area contributed by atoms with Crippen molar-refractivity contribution in [1.29, 1.82) is 0 Å². The van der Waals surface area contributed by atoms with E-state index in [1.165, 1.54) is 0 Å². The average molecular weight is 262 g/mol. The van der Waals surface area contributed by atoms with Crippen LogP contribution in [0.5, 0.6) is 0 Å². The highest BCUT2D eigenvalue weighted by atomic mass is 32.1. The third-order valence-electron chi connectivity index (χ3n) is 3.49. The summed E-state index contributed by atoms with van der Waals surface area (Å²) < 4.78 is 0. The fraction of sp³-hybridized carbons (Fsp3) is 0.385. The number of benzene rings is 1. The maximum atomic E-state index is 11.9. The summed E-state index contributed by atoms with van der Waals surface area (Å²) in [7, 11) is 0. The summed E-state index contributed by atoms with van der Waals surface area (Å²) in [4.78, 5) is 25.0.